The quantitative estimate of drug-likeness (QED) is 0.750. The largest absolute Gasteiger partial charge is 0.490 e. The molecule has 0 unspecified atom stereocenters. The van der Waals surface area contributed by atoms with Crippen molar-refractivity contribution in [1.82, 2.24) is 9.80 Å². The number of hydrogen-bond acceptors (Lipinski definition) is 5. The van der Waals surface area contributed by atoms with Crippen molar-refractivity contribution in [3.05, 3.63) is 12.1 Å². The molecule has 7 nitrogen and oxygen atoms in total. The van der Waals surface area contributed by atoms with E-state index in [0.29, 0.717) is 42.8 Å². The normalized spacial score (nSPS) is 15.3. The summed E-state index contributed by atoms with van der Waals surface area (Å²) in [5.74, 6) is 1.72. The van der Waals surface area contributed by atoms with E-state index < -0.39 is 0 Å². The van der Waals surface area contributed by atoms with Crippen molar-refractivity contribution in [3.63, 3.8) is 0 Å². The molecule has 0 bridgehead atoms. The highest BCUT2D eigenvalue weighted by molar-refractivity contribution is 5.90. The molecule has 1 aromatic rings. The predicted molar refractivity (Wildman–Crippen MR) is 107 cm³/mol. The van der Waals surface area contributed by atoms with E-state index in [4.69, 9.17) is 14.2 Å². The van der Waals surface area contributed by atoms with Crippen LogP contribution < -0.4 is 19.5 Å². The maximum absolute atomic E-state index is 12.7. The SMILES string of the molecule is CCOc1cc(NC(=O)N(C)C2CCN(C)CC2)cc(OCC)c1OCC. The second kappa shape index (κ2) is 10.3. The lowest BCUT2D eigenvalue weighted by atomic mass is 10.0. The number of nitrogens with one attached hydrogen (secondary N) is 1. The second-order valence-electron chi connectivity index (χ2n) is 6.68. The van der Waals surface area contributed by atoms with E-state index in [1.54, 1.807) is 17.0 Å². The highest BCUT2D eigenvalue weighted by Gasteiger charge is 2.24. The van der Waals surface area contributed by atoms with Gasteiger partial charge in [-0.1, -0.05) is 0 Å². The first kappa shape index (κ1) is 21.2. The Hall–Kier alpha value is -2.15. The lowest BCUT2D eigenvalue weighted by Gasteiger charge is -2.35. The first-order chi connectivity index (χ1) is 13.0. The Bertz CT molecular complexity index is 588. The summed E-state index contributed by atoms with van der Waals surface area (Å²) in [5.41, 5.74) is 0.634. The van der Waals surface area contributed by atoms with Crippen molar-refractivity contribution in [3.8, 4) is 17.2 Å². The fraction of sp³-hybridized carbons (Fsp3) is 0.650. The number of amides is 2. The van der Waals surface area contributed by atoms with Gasteiger partial charge in [-0.3, -0.25) is 0 Å². The zero-order chi connectivity index (χ0) is 19.8. The van der Waals surface area contributed by atoms with E-state index in [1.165, 1.54) is 0 Å². The Balaban J connectivity index is 2.17. The predicted octanol–water partition coefficient (Wildman–Crippen LogP) is 3.44. The third-order valence-corrected chi connectivity index (χ3v) is 4.72. The lowest BCUT2D eigenvalue weighted by molar-refractivity contribution is 0.156. The van der Waals surface area contributed by atoms with Gasteiger partial charge in [-0.15, -0.1) is 0 Å². The number of ether oxygens (including phenoxy) is 3. The lowest BCUT2D eigenvalue weighted by Crippen LogP contribution is -2.46. The third kappa shape index (κ3) is 5.66. The molecule has 0 saturated carbocycles. The molecule has 1 aliphatic rings. The molecule has 0 spiro atoms. The van der Waals surface area contributed by atoms with Gasteiger partial charge < -0.3 is 29.3 Å². The fourth-order valence-electron chi connectivity index (χ4n) is 3.22. The van der Waals surface area contributed by atoms with Crippen molar-refractivity contribution in [2.24, 2.45) is 0 Å². The van der Waals surface area contributed by atoms with Crippen molar-refractivity contribution in [2.75, 3.05) is 52.3 Å². The first-order valence-corrected chi connectivity index (χ1v) is 9.78. The average molecular weight is 380 g/mol. The molecule has 27 heavy (non-hydrogen) atoms. The van der Waals surface area contributed by atoms with Crippen LogP contribution in [0.4, 0.5) is 10.5 Å². The van der Waals surface area contributed by atoms with Crippen molar-refractivity contribution in [2.45, 2.75) is 39.7 Å². The summed E-state index contributed by atoms with van der Waals surface area (Å²) in [6, 6.07) is 3.70. The van der Waals surface area contributed by atoms with Gasteiger partial charge in [-0.05, 0) is 53.8 Å². The van der Waals surface area contributed by atoms with Crippen molar-refractivity contribution in [1.29, 1.82) is 0 Å². The van der Waals surface area contributed by atoms with Crippen LogP contribution in [0.3, 0.4) is 0 Å². The molecule has 2 rings (SSSR count). The monoisotopic (exact) mass is 379 g/mol. The molecule has 0 aromatic heterocycles. The second-order valence-corrected chi connectivity index (χ2v) is 6.68. The zero-order valence-electron chi connectivity index (χ0n) is 17.2. The average Bonchev–Trinajstić information content (AvgIpc) is 2.65. The van der Waals surface area contributed by atoms with Gasteiger partial charge in [0.1, 0.15) is 0 Å². The summed E-state index contributed by atoms with van der Waals surface area (Å²) >= 11 is 0. The molecule has 7 heteroatoms. The number of nitrogens with zero attached hydrogens (tertiary/aromatic N) is 2. The number of piperidine rings is 1. The number of benzene rings is 1. The van der Waals surface area contributed by atoms with Crippen LogP contribution in [-0.2, 0) is 0 Å². The van der Waals surface area contributed by atoms with Crippen LogP contribution in [-0.4, -0.2) is 68.9 Å². The summed E-state index contributed by atoms with van der Waals surface area (Å²) in [7, 11) is 3.97. The Morgan fingerprint density at radius 1 is 1.07 bits per heavy atom. The van der Waals surface area contributed by atoms with Crippen molar-refractivity contribution < 1.29 is 19.0 Å². The topological polar surface area (TPSA) is 63.3 Å². The fourth-order valence-corrected chi connectivity index (χ4v) is 3.22. The van der Waals surface area contributed by atoms with Gasteiger partial charge in [0.25, 0.3) is 0 Å². The number of carbonyl (C=O) groups is 1. The summed E-state index contributed by atoms with van der Waals surface area (Å²) in [4.78, 5) is 16.8. The maximum Gasteiger partial charge on any atom is 0.321 e. The molecule has 2 amide bonds. The standard InChI is InChI=1S/C20H33N3O4/c1-6-25-17-13-15(14-18(26-7-2)19(17)27-8-3)21-20(24)23(5)16-9-11-22(4)12-10-16/h13-14,16H,6-12H2,1-5H3,(H,21,24). The molecular weight excluding hydrogens is 346 g/mol. The number of urea groups is 1. The molecule has 1 heterocycles. The van der Waals surface area contributed by atoms with Crippen LogP contribution in [0.25, 0.3) is 0 Å². The Labute approximate surface area is 162 Å². The summed E-state index contributed by atoms with van der Waals surface area (Å²) in [6.07, 6.45) is 1.97. The minimum Gasteiger partial charge on any atom is -0.490 e. The molecule has 1 aromatic carbocycles. The zero-order valence-corrected chi connectivity index (χ0v) is 17.2. The number of rotatable bonds is 8. The summed E-state index contributed by atoms with van der Waals surface area (Å²) in [5, 5.41) is 2.97. The molecule has 0 atom stereocenters. The number of likely N-dealkylation sites (tertiary alicyclic amines) is 1. The van der Waals surface area contributed by atoms with Gasteiger partial charge in [0.2, 0.25) is 5.75 Å². The van der Waals surface area contributed by atoms with E-state index in [1.807, 2.05) is 27.8 Å². The van der Waals surface area contributed by atoms with E-state index in [2.05, 4.69) is 17.3 Å². The molecule has 1 N–H and O–H groups in total. The van der Waals surface area contributed by atoms with E-state index in [9.17, 15) is 4.79 Å². The highest BCUT2D eigenvalue weighted by atomic mass is 16.5. The van der Waals surface area contributed by atoms with Crippen LogP contribution in [0.5, 0.6) is 17.2 Å². The number of anilines is 1. The van der Waals surface area contributed by atoms with E-state index in [-0.39, 0.29) is 12.1 Å². The van der Waals surface area contributed by atoms with Crippen LogP contribution in [0, 0.1) is 0 Å². The van der Waals surface area contributed by atoms with E-state index >= 15 is 0 Å². The minimum absolute atomic E-state index is 0.126. The van der Waals surface area contributed by atoms with Gasteiger partial charge in [0.05, 0.1) is 25.5 Å². The van der Waals surface area contributed by atoms with Gasteiger partial charge in [0.15, 0.2) is 11.5 Å². The Kier molecular flexibility index (Phi) is 8.03. The maximum atomic E-state index is 12.7. The van der Waals surface area contributed by atoms with Crippen LogP contribution in [0.1, 0.15) is 33.6 Å². The molecule has 0 aliphatic carbocycles. The molecule has 1 fully saturated rings. The van der Waals surface area contributed by atoms with Gasteiger partial charge >= 0.3 is 6.03 Å². The number of hydrogen-bond donors (Lipinski definition) is 1. The van der Waals surface area contributed by atoms with Gasteiger partial charge in [0, 0.05) is 25.2 Å². The molecule has 1 saturated heterocycles. The van der Waals surface area contributed by atoms with Gasteiger partial charge in [-0.25, -0.2) is 4.79 Å². The molecule has 1 aliphatic heterocycles. The molecule has 152 valence electrons. The van der Waals surface area contributed by atoms with Crippen LogP contribution in [0.15, 0.2) is 12.1 Å². The summed E-state index contributed by atoms with van der Waals surface area (Å²) < 4.78 is 17.1. The molecular formula is C20H33N3O4. The number of carbonyl (C=O) groups excluding carboxylic acids is 1. The highest BCUT2D eigenvalue weighted by Crippen LogP contribution is 2.41. The first-order valence-electron chi connectivity index (χ1n) is 9.78. The van der Waals surface area contributed by atoms with E-state index in [0.717, 1.165) is 25.9 Å². The van der Waals surface area contributed by atoms with Crippen molar-refractivity contribution >= 4 is 11.7 Å². The summed E-state index contributed by atoms with van der Waals surface area (Å²) in [6.45, 7) is 9.26. The smallest absolute Gasteiger partial charge is 0.321 e. The van der Waals surface area contributed by atoms with Gasteiger partial charge in [-0.2, -0.15) is 0 Å². The third-order valence-electron chi connectivity index (χ3n) is 4.72. The Morgan fingerprint density at radius 2 is 1.59 bits per heavy atom. The Morgan fingerprint density at radius 3 is 2.07 bits per heavy atom. The van der Waals surface area contributed by atoms with Crippen LogP contribution >= 0.6 is 0 Å². The van der Waals surface area contributed by atoms with Crippen LogP contribution in [0.2, 0.25) is 0 Å². The molecule has 0 radical (unpaired) electrons. The minimum atomic E-state index is -0.126.